The number of carbonyl (C=O) groups excluding carboxylic acids is 1. The van der Waals surface area contributed by atoms with E-state index in [1.165, 1.54) is 9.80 Å². The minimum Gasteiger partial charge on any atom is -0.480 e. The van der Waals surface area contributed by atoms with Gasteiger partial charge in [0.2, 0.25) is 0 Å². The van der Waals surface area contributed by atoms with E-state index >= 15 is 0 Å². The summed E-state index contributed by atoms with van der Waals surface area (Å²) in [4.78, 5) is 26.6. The molecule has 0 saturated carbocycles. The molecule has 2 unspecified atom stereocenters. The third-order valence-corrected chi connectivity index (χ3v) is 3.70. The number of carboxylic acid groups (broad SMARTS) is 1. The van der Waals surface area contributed by atoms with E-state index in [2.05, 4.69) is 0 Å². The molecule has 1 heterocycles. The lowest BCUT2D eigenvalue weighted by Gasteiger charge is -2.36. The van der Waals surface area contributed by atoms with Crippen molar-refractivity contribution in [3.63, 3.8) is 0 Å². The van der Waals surface area contributed by atoms with Crippen molar-refractivity contribution >= 4 is 12.0 Å². The Morgan fingerprint density at radius 1 is 1.56 bits per heavy atom. The zero-order valence-electron chi connectivity index (χ0n) is 11.5. The van der Waals surface area contributed by atoms with Crippen LogP contribution in [-0.2, 0) is 9.53 Å². The fraction of sp³-hybridized carbons (Fsp3) is 0.833. The number of amides is 2. The van der Waals surface area contributed by atoms with Crippen molar-refractivity contribution in [1.82, 2.24) is 9.80 Å². The average Bonchev–Trinajstić information content (AvgIpc) is 2.71. The highest BCUT2D eigenvalue weighted by Gasteiger charge is 2.47. The Kier molecular flexibility index (Phi) is 4.56. The van der Waals surface area contributed by atoms with E-state index in [1.807, 2.05) is 6.92 Å². The highest BCUT2D eigenvalue weighted by Crippen LogP contribution is 2.30. The van der Waals surface area contributed by atoms with Crippen molar-refractivity contribution in [3.05, 3.63) is 0 Å². The van der Waals surface area contributed by atoms with Crippen LogP contribution < -0.4 is 0 Å². The normalized spacial score (nSPS) is 25.0. The van der Waals surface area contributed by atoms with E-state index in [9.17, 15) is 14.7 Å². The Morgan fingerprint density at radius 2 is 2.17 bits per heavy atom. The van der Waals surface area contributed by atoms with Gasteiger partial charge in [-0.2, -0.15) is 0 Å². The van der Waals surface area contributed by atoms with Crippen LogP contribution in [0.25, 0.3) is 0 Å². The highest BCUT2D eigenvalue weighted by molar-refractivity contribution is 5.86. The van der Waals surface area contributed by atoms with Crippen molar-refractivity contribution in [1.29, 1.82) is 0 Å². The number of methoxy groups -OCH3 is 1. The number of rotatable bonds is 4. The first kappa shape index (κ1) is 14.8. The summed E-state index contributed by atoms with van der Waals surface area (Å²) >= 11 is 0. The predicted octanol–water partition coefficient (Wildman–Crippen LogP) is 1.01. The topological polar surface area (TPSA) is 70.1 Å². The van der Waals surface area contributed by atoms with Gasteiger partial charge in [-0.05, 0) is 26.7 Å². The SMILES string of the molecule is COCC(C)N(C)C(=O)N1CCCC1(C)C(=O)O. The summed E-state index contributed by atoms with van der Waals surface area (Å²) < 4.78 is 5.01. The zero-order valence-corrected chi connectivity index (χ0v) is 11.5. The smallest absolute Gasteiger partial charge is 0.329 e. The number of likely N-dealkylation sites (N-methyl/N-ethyl adjacent to an activating group) is 1. The third-order valence-electron chi connectivity index (χ3n) is 3.70. The molecule has 0 bridgehead atoms. The van der Waals surface area contributed by atoms with Crippen LogP contribution in [0.15, 0.2) is 0 Å². The first-order valence-corrected chi connectivity index (χ1v) is 6.11. The lowest BCUT2D eigenvalue weighted by Crippen LogP contribution is -2.56. The van der Waals surface area contributed by atoms with Gasteiger partial charge in [0.25, 0.3) is 0 Å². The minimum atomic E-state index is -1.09. The van der Waals surface area contributed by atoms with Crippen LogP contribution in [-0.4, -0.2) is 65.8 Å². The van der Waals surface area contributed by atoms with Gasteiger partial charge in [0.15, 0.2) is 0 Å². The standard InChI is InChI=1S/C12H22N2O4/c1-9(8-18-4)13(3)11(17)14-7-5-6-12(14,2)10(15)16/h9H,5-8H2,1-4H3,(H,15,16). The molecule has 18 heavy (non-hydrogen) atoms. The second-order valence-electron chi connectivity index (χ2n) is 5.03. The molecule has 1 fully saturated rings. The largest absolute Gasteiger partial charge is 0.480 e. The molecule has 1 N–H and O–H groups in total. The van der Waals surface area contributed by atoms with Crippen molar-refractivity contribution in [2.24, 2.45) is 0 Å². The first-order valence-electron chi connectivity index (χ1n) is 6.11. The number of aliphatic carboxylic acids is 1. The van der Waals surface area contributed by atoms with E-state index in [0.717, 1.165) is 6.42 Å². The average molecular weight is 258 g/mol. The van der Waals surface area contributed by atoms with Crippen LogP contribution in [0.1, 0.15) is 26.7 Å². The second kappa shape index (κ2) is 5.56. The van der Waals surface area contributed by atoms with Gasteiger partial charge >= 0.3 is 12.0 Å². The fourth-order valence-corrected chi connectivity index (χ4v) is 2.22. The lowest BCUT2D eigenvalue weighted by molar-refractivity contribution is -0.147. The molecule has 0 aliphatic carbocycles. The van der Waals surface area contributed by atoms with Crippen LogP contribution >= 0.6 is 0 Å². The molecule has 0 spiro atoms. The Hall–Kier alpha value is -1.30. The Balaban J connectivity index is 2.80. The van der Waals surface area contributed by atoms with E-state index in [1.54, 1.807) is 21.1 Å². The molecular formula is C12H22N2O4. The van der Waals surface area contributed by atoms with Gasteiger partial charge in [0.1, 0.15) is 5.54 Å². The van der Waals surface area contributed by atoms with Gasteiger partial charge in [0.05, 0.1) is 12.6 Å². The Bertz CT molecular complexity index is 334. The minimum absolute atomic E-state index is 0.0823. The van der Waals surface area contributed by atoms with Gasteiger partial charge in [-0.15, -0.1) is 0 Å². The van der Waals surface area contributed by atoms with Gasteiger partial charge in [-0.25, -0.2) is 9.59 Å². The quantitative estimate of drug-likeness (QED) is 0.817. The molecule has 1 aliphatic heterocycles. The van der Waals surface area contributed by atoms with Crippen molar-refractivity contribution in [3.8, 4) is 0 Å². The van der Waals surface area contributed by atoms with E-state index < -0.39 is 11.5 Å². The van der Waals surface area contributed by atoms with Crippen molar-refractivity contribution < 1.29 is 19.4 Å². The summed E-state index contributed by atoms with van der Waals surface area (Å²) in [7, 11) is 3.25. The molecule has 6 nitrogen and oxygen atoms in total. The summed E-state index contributed by atoms with van der Waals surface area (Å²) in [5, 5.41) is 9.28. The maximum atomic E-state index is 12.3. The van der Waals surface area contributed by atoms with Gasteiger partial charge in [-0.3, -0.25) is 0 Å². The fourth-order valence-electron chi connectivity index (χ4n) is 2.22. The van der Waals surface area contributed by atoms with Crippen LogP contribution in [0.5, 0.6) is 0 Å². The molecule has 0 aromatic heterocycles. The highest BCUT2D eigenvalue weighted by atomic mass is 16.5. The molecule has 6 heteroatoms. The molecular weight excluding hydrogens is 236 g/mol. The molecule has 0 aromatic rings. The Labute approximate surface area is 107 Å². The lowest BCUT2D eigenvalue weighted by atomic mass is 10.00. The molecule has 0 radical (unpaired) electrons. The van der Waals surface area contributed by atoms with Crippen LogP contribution in [0.2, 0.25) is 0 Å². The summed E-state index contributed by atoms with van der Waals surface area (Å²) in [5.74, 6) is -0.943. The zero-order chi connectivity index (χ0) is 13.9. The van der Waals surface area contributed by atoms with Crippen LogP contribution in [0.3, 0.4) is 0 Å². The molecule has 104 valence electrons. The number of hydrogen-bond donors (Lipinski definition) is 1. The molecule has 1 rings (SSSR count). The maximum absolute atomic E-state index is 12.3. The molecule has 2 amide bonds. The van der Waals surface area contributed by atoms with Crippen LogP contribution in [0.4, 0.5) is 4.79 Å². The summed E-state index contributed by atoms with van der Waals surface area (Å²) in [6, 6.07) is -0.330. The predicted molar refractivity (Wildman–Crippen MR) is 66.5 cm³/mol. The van der Waals surface area contributed by atoms with E-state index in [-0.39, 0.29) is 12.1 Å². The number of carboxylic acids is 1. The maximum Gasteiger partial charge on any atom is 0.329 e. The third kappa shape index (κ3) is 2.58. The number of nitrogens with zero attached hydrogens (tertiary/aromatic N) is 2. The Morgan fingerprint density at radius 3 is 2.67 bits per heavy atom. The monoisotopic (exact) mass is 258 g/mol. The second-order valence-corrected chi connectivity index (χ2v) is 5.03. The first-order chi connectivity index (χ1) is 8.34. The molecule has 2 atom stereocenters. The van der Waals surface area contributed by atoms with Gasteiger partial charge in [-0.1, -0.05) is 0 Å². The van der Waals surface area contributed by atoms with Crippen molar-refractivity contribution in [2.75, 3.05) is 27.3 Å². The number of hydrogen-bond acceptors (Lipinski definition) is 3. The number of urea groups is 1. The molecule has 1 aliphatic rings. The van der Waals surface area contributed by atoms with Gasteiger partial charge in [0, 0.05) is 20.7 Å². The summed E-state index contributed by atoms with van der Waals surface area (Å²) in [5.41, 5.74) is -1.09. The van der Waals surface area contributed by atoms with Gasteiger partial charge < -0.3 is 19.6 Å². The van der Waals surface area contributed by atoms with E-state index in [0.29, 0.717) is 19.6 Å². The van der Waals surface area contributed by atoms with Crippen LogP contribution in [0, 0.1) is 0 Å². The number of carbonyl (C=O) groups is 2. The number of likely N-dealkylation sites (tertiary alicyclic amines) is 1. The summed E-state index contributed by atoms with van der Waals surface area (Å²) in [6.07, 6.45) is 1.22. The van der Waals surface area contributed by atoms with E-state index in [4.69, 9.17) is 4.74 Å². The van der Waals surface area contributed by atoms with Crippen molar-refractivity contribution in [2.45, 2.75) is 38.3 Å². The summed E-state index contributed by atoms with van der Waals surface area (Å²) in [6.45, 7) is 4.40. The molecule has 1 saturated heterocycles. The molecule has 0 aromatic carbocycles. The number of ether oxygens (including phenoxy) is 1.